The normalized spacial score (nSPS) is 28.2. The average Bonchev–Trinajstić information content (AvgIpc) is 3.17. The van der Waals surface area contributed by atoms with Gasteiger partial charge < -0.3 is 9.88 Å². The number of nitrogens with zero attached hydrogens (tertiary/aromatic N) is 2. The van der Waals surface area contributed by atoms with Gasteiger partial charge >= 0.3 is 0 Å². The highest BCUT2D eigenvalue weighted by Gasteiger charge is 2.29. The van der Waals surface area contributed by atoms with E-state index in [-0.39, 0.29) is 0 Å². The molecule has 3 nitrogen and oxygen atoms in total. The summed E-state index contributed by atoms with van der Waals surface area (Å²) >= 11 is 0. The molecule has 0 radical (unpaired) electrons. The number of nitrogens with one attached hydrogen (secondary N) is 1. The van der Waals surface area contributed by atoms with Gasteiger partial charge in [-0.3, -0.25) is 4.98 Å². The Morgan fingerprint density at radius 2 is 1.90 bits per heavy atom. The lowest BCUT2D eigenvalue weighted by Gasteiger charge is -2.34. The van der Waals surface area contributed by atoms with Crippen LogP contribution in [0.5, 0.6) is 0 Å². The summed E-state index contributed by atoms with van der Waals surface area (Å²) in [6, 6.07) is 4.99. The molecule has 0 amide bonds. The Hall–Kier alpha value is -1.35. The summed E-state index contributed by atoms with van der Waals surface area (Å²) in [5.74, 6) is 0.706. The van der Waals surface area contributed by atoms with Crippen molar-refractivity contribution >= 4 is 11.0 Å². The smallest absolute Gasteiger partial charge is 0.0913 e. The van der Waals surface area contributed by atoms with E-state index in [4.69, 9.17) is 0 Å². The van der Waals surface area contributed by atoms with E-state index >= 15 is 0 Å². The van der Waals surface area contributed by atoms with Crippen LogP contribution in [0.15, 0.2) is 24.5 Å². The molecule has 1 saturated carbocycles. The summed E-state index contributed by atoms with van der Waals surface area (Å²) in [6.45, 7) is 2.67. The molecule has 2 fully saturated rings. The van der Waals surface area contributed by atoms with Gasteiger partial charge in [-0.15, -0.1) is 0 Å². The van der Waals surface area contributed by atoms with Crippen molar-refractivity contribution < 1.29 is 0 Å². The van der Waals surface area contributed by atoms with Crippen molar-refractivity contribution in [2.45, 2.75) is 50.5 Å². The van der Waals surface area contributed by atoms with Crippen LogP contribution in [0.2, 0.25) is 0 Å². The van der Waals surface area contributed by atoms with Crippen LogP contribution in [-0.2, 0) is 0 Å². The zero-order valence-electron chi connectivity index (χ0n) is 12.0. The number of aromatic amines is 1. The molecule has 2 aromatic heterocycles. The van der Waals surface area contributed by atoms with Crippen molar-refractivity contribution in [2.75, 3.05) is 13.1 Å². The highest BCUT2D eigenvalue weighted by atomic mass is 15.2. The Bertz CT molecular complexity index is 575. The molecule has 0 atom stereocenters. The standard InChI is InChI=1S/C17H23N3/c1-2-11-20(10-1)14-7-5-13(6-8-14)15-12-19-16-4-3-9-18-17(15)16/h3-4,9,12-14,19H,1-2,5-8,10-11H2. The Morgan fingerprint density at radius 1 is 1.10 bits per heavy atom. The Kier molecular flexibility index (Phi) is 3.23. The second-order valence-electron chi connectivity index (χ2n) is 6.39. The number of pyridine rings is 1. The van der Waals surface area contributed by atoms with Crippen LogP contribution >= 0.6 is 0 Å². The summed E-state index contributed by atoms with van der Waals surface area (Å²) in [5, 5.41) is 0. The third kappa shape index (κ3) is 2.14. The fourth-order valence-electron chi connectivity index (χ4n) is 4.15. The lowest BCUT2D eigenvalue weighted by Crippen LogP contribution is -2.35. The molecule has 0 aromatic carbocycles. The zero-order chi connectivity index (χ0) is 13.4. The van der Waals surface area contributed by atoms with Crippen LogP contribution in [0.25, 0.3) is 11.0 Å². The maximum Gasteiger partial charge on any atom is 0.0913 e. The fourth-order valence-corrected chi connectivity index (χ4v) is 4.15. The van der Waals surface area contributed by atoms with Crippen molar-refractivity contribution in [3.63, 3.8) is 0 Å². The van der Waals surface area contributed by atoms with Gasteiger partial charge in [0.1, 0.15) is 0 Å². The van der Waals surface area contributed by atoms with E-state index < -0.39 is 0 Å². The number of likely N-dealkylation sites (tertiary alicyclic amines) is 1. The van der Waals surface area contributed by atoms with Gasteiger partial charge in [0.05, 0.1) is 11.0 Å². The SMILES string of the molecule is c1cnc2c(C3CCC(N4CCCC4)CC3)c[nH]c2c1. The van der Waals surface area contributed by atoms with Gasteiger partial charge in [-0.2, -0.15) is 0 Å². The first-order valence-electron chi connectivity index (χ1n) is 8.08. The summed E-state index contributed by atoms with van der Waals surface area (Å²) in [7, 11) is 0. The molecule has 0 unspecified atom stereocenters. The summed E-state index contributed by atoms with van der Waals surface area (Å²) in [5.41, 5.74) is 3.82. The maximum atomic E-state index is 4.57. The van der Waals surface area contributed by atoms with Crippen molar-refractivity contribution in [1.29, 1.82) is 0 Å². The third-order valence-corrected chi connectivity index (χ3v) is 5.26. The van der Waals surface area contributed by atoms with Crippen molar-refractivity contribution in [1.82, 2.24) is 14.9 Å². The first kappa shape index (κ1) is 12.4. The maximum absolute atomic E-state index is 4.57. The molecular formula is C17H23N3. The monoisotopic (exact) mass is 269 g/mol. The van der Waals surface area contributed by atoms with Crippen molar-refractivity contribution in [2.24, 2.45) is 0 Å². The van der Waals surface area contributed by atoms with E-state index in [2.05, 4.69) is 27.1 Å². The lowest BCUT2D eigenvalue weighted by molar-refractivity contribution is 0.182. The minimum absolute atomic E-state index is 0.706. The Morgan fingerprint density at radius 3 is 2.70 bits per heavy atom. The van der Waals surface area contributed by atoms with E-state index in [1.807, 2.05) is 12.3 Å². The number of fused-ring (bicyclic) bond motifs is 1. The molecule has 1 aliphatic heterocycles. The van der Waals surface area contributed by atoms with Gasteiger partial charge in [0.15, 0.2) is 0 Å². The summed E-state index contributed by atoms with van der Waals surface area (Å²) in [6.07, 6.45) is 12.3. The molecule has 1 aliphatic carbocycles. The van der Waals surface area contributed by atoms with E-state index in [1.165, 1.54) is 68.2 Å². The molecule has 0 bridgehead atoms. The van der Waals surface area contributed by atoms with Gasteiger partial charge in [0.2, 0.25) is 0 Å². The largest absolute Gasteiger partial charge is 0.360 e. The topological polar surface area (TPSA) is 31.9 Å². The quantitative estimate of drug-likeness (QED) is 0.901. The van der Waals surface area contributed by atoms with Crippen LogP contribution < -0.4 is 0 Å². The van der Waals surface area contributed by atoms with Gasteiger partial charge in [-0.25, -0.2) is 0 Å². The molecule has 1 N–H and O–H groups in total. The minimum atomic E-state index is 0.706. The molecule has 20 heavy (non-hydrogen) atoms. The van der Waals surface area contributed by atoms with Crippen molar-refractivity contribution in [3.8, 4) is 0 Å². The second-order valence-corrected chi connectivity index (χ2v) is 6.39. The van der Waals surface area contributed by atoms with Gasteiger partial charge in [0, 0.05) is 18.4 Å². The highest BCUT2D eigenvalue weighted by Crippen LogP contribution is 2.37. The van der Waals surface area contributed by atoms with Crippen molar-refractivity contribution in [3.05, 3.63) is 30.1 Å². The molecular weight excluding hydrogens is 246 g/mol. The molecule has 106 valence electrons. The van der Waals surface area contributed by atoms with Crippen LogP contribution in [-0.4, -0.2) is 34.0 Å². The van der Waals surface area contributed by atoms with Gasteiger partial charge in [0.25, 0.3) is 0 Å². The highest BCUT2D eigenvalue weighted by molar-refractivity contribution is 5.79. The molecule has 1 saturated heterocycles. The van der Waals surface area contributed by atoms with Gasteiger partial charge in [-0.05, 0) is 75.2 Å². The number of hydrogen-bond donors (Lipinski definition) is 1. The summed E-state index contributed by atoms with van der Waals surface area (Å²) < 4.78 is 0. The lowest BCUT2D eigenvalue weighted by atomic mass is 9.82. The number of rotatable bonds is 2. The van der Waals surface area contributed by atoms with E-state index in [0.717, 1.165) is 6.04 Å². The van der Waals surface area contributed by atoms with E-state index in [0.29, 0.717) is 5.92 Å². The fraction of sp³-hybridized carbons (Fsp3) is 0.588. The van der Waals surface area contributed by atoms with Crippen LogP contribution in [0.3, 0.4) is 0 Å². The molecule has 3 heteroatoms. The summed E-state index contributed by atoms with van der Waals surface area (Å²) in [4.78, 5) is 10.7. The molecule has 2 aliphatic rings. The number of H-pyrrole nitrogens is 1. The molecule has 2 aromatic rings. The third-order valence-electron chi connectivity index (χ3n) is 5.26. The number of hydrogen-bond acceptors (Lipinski definition) is 2. The molecule has 4 rings (SSSR count). The van der Waals surface area contributed by atoms with Crippen LogP contribution in [0.1, 0.15) is 50.0 Å². The zero-order valence-corrected chi connectivity index (χ0v) is 12.0. The predicted octanol–water partition coefficient (Wildman–Crippen LogP) is 3.68. The molecule has 0 spiro atoms. The first-order chi connectivity index (χ1) is 9.92. The van der Waals surface area contributed by atoms with Gasteiger partial charge in [-0.1, -0.05) is 0 Å². The van der Waals surface area contributed by atoms with Crippen LogP contribution in [0.4, 0.5) is 0 Å². The first-order valence-corrected chi connectivity index (χ1v) is 8.08. The Balaban J connectivity index is 1.48. The predicted molar refractivity (Wildman–Crippen MR) is 81.9 cm³/mol. The Labute approximate surface area is 120 Å². The van der Waals surface area contributed by atoms with E-state index in [9.17, 15) is 0 Å². The molecule has 3 heterocycles. The average molecular weight is 269 g/mol. The minimum Gasteiger partial charge on any atom is -0.360 e. The second kappa shape index (κ2) is 5.21. The van der Waals surface area contributed by atoms with E-state index in [1.54, 1.807) is 0 Å². The van der Waals surface area contributed by atoms with Crippen LogP contribution in [0, 0.1) is 0 Å². The number of aromatic nitrogens is 2.